The zero-order valence-electron chi connectivity index (χ0n) is 11.0. The van der Waals surface area contributed by atoms with E-state index in [1.807, 2.05) is 0 Å². The van der Waals surface area contributed by atoms with Crippen molar-refractivity contribution in [2.24, 2.45) is 0 Å². The summed E-state index contributed by atoms with van der Waals surface area (Å²) in [6, 6.07) is 6.00. The van der Waals surface area contributed by atoms with Crippen LogP contribution in [0.5, 0.6) is 5.75 Å². The number of ether oxygens (including phenoxy) is 1. The Balaban J connectivity index is 2.01. The summed E-state index contributed by atoms with van der Waals surface area (Å²) in [6.45, 7) is 1.10. The Morgan fingerprint density at radius 1 is 1.30 bits per heavy atom. The molecule has 0 aromatic heterocycles. The third-order valence-corrected chi connectivity index (χ3v) is 3.25. The van der Waals surface area contributed by atoms with Crippen molar-refractivity contribution in [1.82, 2.24) is 4.90 Å². The lowest BCUT2D eigenvalue weighted by molar-refractivity contribution is -0.145. The van der Waals surface area contributed by atoms with E-state index in [4.69, 9.17) is 9.84 Å². The molecule has 0 radical (unpaired) electrons. The molecule has 6 nitrogen and oxygen atoms in total. The molecule has 1 unspecified atom stereocenters. The van der Waals surface area contributed by atoms with Crippen LogP contribution in [0.25, 0.3) is 0 Å². The second-order valence-electron chi connectivity index (χ2n) is 4.76. The molecule has 2 N–H and O–H groups in total. The lowest BCUT2D eigenvalue weighted by Gasteiger charge is -2.35. The van der Waals surface area contributed by atoms with Crippen LogP contribution in [0.1, 0.15) is 12.0 Å². The van der Waals surface area contributed by atoms with Crippen molar-refractivity contribution >= 4 is 11.9 Å². The average Bonchev–Trinajstić information content (AvgIpc) is 2.41. The number of hydrogen-bond acceptors (Lipinski definition) is 4. The minimum Gasteiger partial charge on any atom is -0.508 e. The van der Waals surface area contributed by atoms with Gasteiger partial charge in [0, 0.05) is 6.54 Å². The fourth-order valence-electron chi connectivity index (χ4n) is 2.24. The fourth-order valence-corrected chi connectivity index (χ4v) is 2.24. The molecule has 2 rings (SSSR count). The first kappa shape index (κ1) is 14.3. The number of carbonyl (C=O) groups is 2. The van der Waals surface area contributed by atoms with E-state index in [0.29, 0.717) is 13.2 Å². The van der Waals surface area contributed by atoms with Crippen molar-refractivity contribution in [2.45, 2.75) is 18.9 Å². The highest BCUT2D eigenvalue weighted by Crippen LogP contribution is 2.15. The molecule has 1 amide bonds. The van der Waals surface area contributed by atoms with Crippen molar-refractivity contribution in [2.75, 3.05) is 19.8 Å². The van der Waals surface area contributed by atoms with E-state index in [9.17, 15) is 14.7 Å². The molecule has 1 aromatic carbocycles. The van der Waals surface area contributed by atoms with Gasteiger partial charge in [0.2, 0.25) is 5.91 Å². The summed E-state index contributed by atoms with van der Waals surface area (Å²) < 4.78 is 5.24. The monoisotopic (exact) mass is 279 g/mol. The summed E-state index contributed by atoms with van der Waals surface area (Å²) >= 11 is 0. The smallest absolute Gasteiger partial charge is 0.305 e. The van der Waals surface area contributed by atoms with Crippen LogP contribution < -0.4 is 0 Å². The molecule has 0 saturated carbocycles. The van der Waals surface area contributed by atoms with Gasteiger partial charge in [-0.15, -0.1) is 0 Å². The predicted octanol–water partition coefficient (Wildman–Crippen LogP) is 0.637. The number of morpholine rings is 1. The quantitative estimate of drug-likeness (QED) is 0.844. The number of carbonyl (C=O) groups excluding carboxylic acids is 1. The normalized spacial score (nSPS) is 18.8. The summed E-state index contributed by atoms with van der Waals surface area (Å²) in [4.78, 5) is 24.6. The molecule has 6 heteroatoms. The van der Waals surface area contributed by atoms with Gasteiger partial charge < -0.3 is 19.8 Å². The number of phenols is 1. The van der Waals surface area contributed by atoms with Gasteiger partial charge in [0.1, 0.15) is 5.75 Å². The Hall–Kier alpha value is -2.08. The van der Waals surface area contributed by atoms with Crippen molar-refractivity contribution in [3.05, 3.63) is 29.8 Å². The van der Waals surface area contributed by atoms with Crippen LogP contribution in [-0.4, -0.2) is 52.8 Å². The van der Waals surface area contributed by atoms with Crippen LogP contribution in [0.15, 0.2) is 24.3 Å². The molecule has 20 heavy (non-hydrogen) atoms. The maximum absolute atomic E-state index is 12.3. The van der Waals surface area contributed by atoms with E-state index >= 15 is 0 Å². The zero-order chi connectivity index (χ0) is 14.5. The van der Waals surface area contributed by atoms with Gasteiger partial charge in [-0.25, -0.2) is 0 Å². The third-order valence-electron chi connectivity index (χ3n) is 3.25. The molecule has 1 atom stereocenters. The van der Waals surface area contributed by atoms with Gasteiger partial charge in [-0.1, -0.05) is 12.1 Å². The van der Waals surface area contributed by atoms with Crippen molar-refractivity contribution < 1.29 is 24.5 Å². The molecule has 0 spiro atoms. The lowest BCUT2D eigenvalue weighted by Crippen LogP contribution is -2.50. The Labute approximate surface area is 116 Å². The van der Waals surface area contributed by atoms with Crippen LogP contribution in [-0.2, 0) is 20.7 Å². The second kappa shape index (κ2) is 6.38. The van der Waals surface area contributed by atoms with E-state index in [0.717, 1.165) is 5.56 Å². The molecular weight excluding hydrogens is 262 g/mol. The SMILES string of the molecule is O=C(O)CC1COCCN1C(=O)Cc1ccc(O)cc1. The minimum absolute atomic E-state index is 0.110. The van der Waals surface area contributed by atoms with E-state index in [1.54, 1.807) is 17.0 Å². The maximum Gasteiger partial charge on any atom is 0.305 e. The van der Waals surface area contributed by atoms with Crippen LogP contribution in [0.2, 0.25) is 0 Å². The van der Waals surface area contributed by atoms with E-state index in [1.165, 1.54) is 12.1 Å². The van der Waals surface area contributed by atoms with Crippen LogP contribution in [0.4, 0.5) is 0 Å². The first-order valence-electron chi connectivity index (χ1n) is 6.43. The van der Waals surface area contributed by atoms with Gasteiger partial charge in [0.05, 0.1) is 32.1 Å². The topological polar surface area (TPSA) is 87.1 Å². The number of aliphatic carboxylic acids is 1. The second-order valence-corrected chi connectivity index (χ2v) is 4.76. The van der Waals surface area contributed by atoms with Gasteiger partial charge in [0.15, 0.2) is 0 Å². The molecule has 0 aliphatic carbocycles. The third kappa shape index (κ3) is 3.71. The van der Waals surface area contributed by atoms with Gasteiger partial charge in [-0.05, 0) is 17.7 Å². The number of aromatic hydroxyl groups is 1. The summed E-state index contributed by atoms with van der Waals surface area (Å²) in [5.41, 5.74) is 0.786. The molecule has 1 saturated heterocycles. The van der Waals surface area contributed by atoms with Crippen LogP contribution in [0.3, 0.4) is 0 Å². The van der Waals surface area contributed by atoms with Crippen molar-refractivity contribution in [3.8, 4) is 5.75 Å². The standard InChI is InChI=1S/C14H17NO5/c16-12-3-1-10(2-4-12)7-13(17)15-5-6-20-9-11(15)8-14(18)19/h1-4,11,16H,5-9H2,(H,18,19). The first-order valence-corrected chi connectivity index (χ1v) is 6.43. The van der Waals surface area contributed by atoms with Gasteiger partial charge in [0.25, 0.3) is 0 Å². The number of rotatable bonds is 4. The fraction of sp³-hybridized carbons (Fsp3) is 0.429. The Kier molecular flexibility index (Phi) is 4.57. The number of phenolic OH excluding ortho intramolecular Hbond substituents is 1. The molecule has 1 fully saturated rings. The van der Waals surface area contributed by atoms with E-state index in [-0.39, 0.29) is 31.1 Å². The van der Waals surface area contributed by atoms with Gasteiger partial charge in [-0.2, -0.15) is 0 Å². The highest BCUT2D eigenvalue weighted by Gasteiger charge is 2.28. The first-order chi connectivity index (χ1) is 9.56. The average molecular weight is 279 g/mol. The maximum atomic E-state index is 12.3. The number of carboxylic acid groups (broad SMARTS) is 1. The zero-order valence-corrected chi connectivity index (χ0v) is 11.0. The number of hydrogen-bond donors (Lipinski definition) is 2. The van der Waals surface area contributed by atoms with Crippen molar-refractivity contribution in [1.29, 1.82) is 0 Å². The summed E-state index contributed by atoms with van der Waals surface area (Å²) in [6.07, 6.45) is 0.0811. The van der Waals surface area contributed by atoms with Crippen LogP contribution in [0, 0.1) is 0 Å². The Bertz CT molecular complexity index is 485. The number of carboxylic acids is 1. The molecule has 1 aliphatic heterocycles. The number of amides is 1. The molecule has 0 bridgehead atoms. The number of nitrogens with zero attached hydrogens (tertiary/aromatic N) is 1. The Morgan fingerprint density at radius 2 is 2.00 bits per heavy atom. The van der Waals surface area contributed by atoms with E-state index in [2.05, 4.69) is 0 Å². The molecule has 1 aliphatic rings. The summed E-state index contributed by atoms with van der Waals surface area (Å²) in [7, 11) is 0. The highest BCUT2D eigenvalue weighted by molar-refractivity contribution is 5.80. The predicted molar refractivity (Wildman–Crippen MR) is 70.4 cm³/mol. The van der Waals surface area contributed by atoms with E-state index < -0.39 is 12.0 Å². The highest BCUT2D eigenvalue weighted by atomic mass is 16.5. The molecule has 108 valence electrons. The molecule has 1 heterocycles. The molecular formula is C14H17NO5. The minimum atomic E-state index is -0.942. The molecule has 1 aromatic rings. The summed E-state index contributed by atoms with van der Waals surface area (Å²) in [5.74, 6) is -0.913. The lowest BCUT2D eigenvalue weighted by atomic mass is 10.1. The van der Waals surface area contributed by atoms with Gasteiger partial charge in [-0.3, -0.25) is 9.59 Å². The number of benzene rings is 1. The van der Waals surface area contributed by atoms with Crippen molar-refractivity contribution in [3.63, 3.8) is 0 Å². The summed E-state index contributed by atoms with van der Waals surface area (Å²) in [5, 5.41) is 18.1. The van der Waals surface area contributed by atoms with Crippen LogP contribution >= 0.6 is 0 Å². The Morgan fingerprint density at radius 3 is 2.65 bits per heavy atom. The largest absolute Gasteiger partial charge is 0.508 e. The van der Waals surface area contributed by atoms with Gasteiger partial charge >= 0.3 is 5.97 Å².